The van der Waals surface area contributed by atoms with Crippen LogP contribution in [0, 0.1) is 6.92 Å². The van der Waals surface area contributed by atoms with Gasteiger partial charge in [0.1, 0.15) is 4.90 Å². The highest BCUT2D eigenvalue weighted by molar-refractivity contribution is 7.87. The SMILES string of the molecule is COc1cc(C=CC(=O)N=c2sccn2C)ccc1OS(=O)(=O)c1ccc(C)cc1. The molecule has 0 unspecified atom stereocenters. The Morgan fingerprint density at radius 1 is 1.13 bits per heavy atom. The lowest BCUT2D eigenvalue weighted by Crippen LogP contribution is -2.11. The van der Waals surface area contributed by atoms with Crippen LogP contribution in [0.2, 0.25) is 0 Å². The van der Waals surface area contributed by atoms with Gasteiger partial charge in [0.15, 0.2) is 16.3 Å². The lowest BCUT2D eigenvalue weighted by molar-refractivity contribution is -0.113. The molecule has 3 rings (SSSR count). The maximum Gasteiger partial charge on any atom is 0.339 e. The van der Waals surface area contributed by atoms with E-state index in [-0.39, 0.29) is 16.4 Å². The van der Waals surface area contributed by atoms with Gasteiger partial charge in [0.2, 0.25) is 0 Å². The second kappa shape index (κ2) is 9.10. The molecule has 30 heavy (non-hydrogen) atoms. The topological polar surface area (TPSA) is 87.0 Å². The molecule has 1 aromatic heterocycles. The number of benzene rings is 2. The molecule has 0 saturated carbocycles. The summed E-state index contributed by atoms with van der Waals surface area (Å²) in [5, 5.41) is 1.84. The predicted octanol–water partition coefficient (Wildman–Crippen LogP) is 3.31. The zero-order valence-electron chi connectivity index (χ0n) is 16.6. The van der Waals surface area contributed by atoms with Crippen LogP contribution >= 0.6 is 11.3 Å². The van der Waals surface area contributed by atoms with Crippen molar-refractivity contribution in [3.63, 3.8) is 0 Å². The summed E-state index contributed by atoms with van der Waals surface area (Å²) in [5.74, 6) is -0.131. The number of carbonyl (C=O) groups excluding carboxylic acids is 1. The number of nitrogens with zero attached hydrogens (tertiary/aromatic N) is 2. The van der Waals surface area contributed by atoms with Gasteiger partial charge in [-0.15, -0.1) is 11.3 Å². The van der Waals surface area contributed by atoms with Gasteiger partial charge in [0.25, 0.3) is 5.91 Å². The fourth-order valence-electron chi connectivity index (χ4n) is 2.46. The summed E-state index contributed by atoms with van der Waals surface area (Å²) in [6, 6.07) is 11.0. The van der Waals surface area contributed by atoms with Gasteiger partial charge < -0.3 is 13.5 Å². The molecular weight excluding hydrogens is 424 g/mol. The highest BCUT2D eigenvalue weighted by Gasteiger charge is 2.19. The first kappa shape index (κ1) is 21.5. The third-order valence-corrected chi connectivity index (χ3v) is 6.18. The van der Waals surface area contributed by atoms with E-state index in [9.17, 15) is 13.2 Å². The molecule has 0 N–H and O–H groups in total. The van der Waals surface area contributed by atoms with Crippen LogP contribution in [-0.2, 0) is 22.0 Å². The number of aromatic nitrogens is 1. The summed E-state index contributed by atoms with van der Waals surface area (Å²) in [6.07, 6.45) is 4.72. The molecule has 0 aliphatic heterocycles. The number of rotatable bonds is 6. The summed E-state index contributed by atoms with van der Waals surface area (Å²) in [6.45, 7) is 1.87. The van der Waals surface area contributed by atoms with E-state index in [0.717, 1.165) is 5.56 Å². The monoisotopic (exact) mass is 444 g/mol. The van der Waals surface area contributed by atoms with Crippen LogP contribution < -0.4 is 13.7 Å². The Morgan fingerprint density at radius 3 is 2.50 bits per heavy atom. The molecule has 7 nitrogen and oxygen atoms in total. The highest BCUT2D eigenvalue weighted by Crippen LogP contribution is 2.31. The van der Waals surface area contributed by atoms with E-state index in [1.165, 1.54) is 42.7 Å². The second-order valence-corrected chi connectivity index (χ2v) is 8.76. The number of aryl methyl sites for hydroxylation is 2. The Morgan fingerprint density at radius 2 is 1.87 bits per heavy atom. The Balaban J connectivity index is 1.80. The third kappa shape index (κ3) is 5.25. The first-order valence-corrected chi connectivity index (χ1v) is 11.1. The van der Waals surface area contributed by atoms with Gasteiger partial charge in [-0.2, -0.15) is 13.4 Å². The van der Waals surface area contributed by atoms with Gasteiger partial charge in [0, 0.05) is 24.7 Å². The Kier molecular flexibility index (Phi) is 6.53. The predicted molar refractivity (Wildman–Crippen MR) is 115 cm³/mol. The molecule has 2 aromatic carbocycles. The van der Waals surface area contributed by atoms with Gasteiger partial charge in [0.05, 0.1) is 7.11 Å². The van der Waals surface area contributed by atoms with Gasteiger partial charge >= 0.3 is 10.1 Å². The van der Waals surface area contributed by atoms with Crippen LogP contribution in [0.15, 0.2) is 70.0 Å². The quantitative estimate of drug-likeness (QED) is 0.430. The minimum absolute atomic E-state index is 0.0491. The Labute approximate surface area is 178 Å². The van der Waals surface area contributed by atoms with Crippen LogP contribution in [0.25, 0.3) is 6.08 Å². The maximum absolute atomic E-state index is 12.5. The molecule has 3 aromatic rings. The number of hydrogen-bond acceptors (Lipinski definition) is 6. The molecule has 0 aliphatic rings. The second-order valence-electron chi connectivity index (χ2n) is 6.34. The van der Waals surface area contributed by atoms with Crippen molar-refractivity contribution in [3.8, 4) is 11.5 Å². The third-order valence-electron chi connectivity index (χ3n) is 4.08. The van der Waals surface area contributed by atoms with Crippen molar-refractivity contribution < 1.29 is 22.1 Å². The van der Waals surface area contributed by atoms with Gasteiger partial charge in [-0.1, -0.05) is 23.8 Å². The molecule has 0 fully saturated rings. The molecule has 0 atom stereocenters. The summed E-state index contributed by atoms with van der Waals surface area (Å²) < 4.78 is 37.3. The zero-order valence-corrected chi connectivity index (χ0v) is 18.2. The summed E-state index contributed by atoms with van der Waals surface area (Å²) in [4.78, 5) is 16.7. The molecule has 1 heterocycles. The van der Waals surface area contributed by atoms with Crippen LogP contribution in [0.5, 0.6) is 11.5 Å². The standard InChI is InChI=1S/C21H20N2O5S2/c1-15-4-8-17(9-5-15)30(25,26)28-18-10-6-16(14-19(18)27-3)7-11-20(24)22-21-23(2)12-13-29-21/h4-14H,1-3H3. The van der Waals surface area contributed by atoms with Crippen LogP contribution in [0.3, 0.4) is 0 Å². The summed E-state index contributed by atoms with van der Waals surface area (Å²) >= 11 is 1.36. The van der Waals surface area contributed by atoms with Crippen molar-refractivity contribution in [3.05, 3.63) is 76.0 Å². The number of hydrogen-bond donors (Lipinski definition) is 0. The van der Waals surface area contributed by atoms with E-state index in [1.54, 1.807) is 42.0 Å². The normalized spacial score (nSPS) is 12.3. The maximum atomic E-state index is 12.5. The molecular formula is C21H20N2O5S2. The van der Waals surface area contributed by atoms with E-state index in [1.807, 2.05) is 18.5 Å². The van der Waals surface area contributed by atoms with E-state index in [4.69, 9.17) is 8.92 Å². The molecule has 0 aliphatic carbocycles. The van der Waals surface area contributed by atoms with Gasteiger partial charge in [-0.05, 0) is 42.8 Å². The van der Waals surface area contributed by atoms with E-state index in [0.29, 0.717) is 10.4 Å². The lowest BCUT2D eigenvalue weighted by Gasteiger charge is -2.11. The van der Waals surface area contributed by atoms with Crippen molar-refractivity contribution in [2.24, 2.45) is 12.0 Å². The number of carbonyl (C=O) groups is 1. The molecule has 1 amide bonds. The van der Waals surface area contributed by atoms with E-state index >= 15 is 0 Å². The average molecular weight is 445 g/mol. The number of thiazole rings is 1. The first-order chi connectivity index (χ1) is 14.3. The number of methoxy groups -OCH3 is 1. The first-order valence-electron chi connectivity index (χ1n) is 8.84. The molecule has 156 valence electrons. The van der Waals surface area contributed by atoms with Crippen LogP contribution in [0.4, 0.5) is 0 Å². The molecule has 9 heteroatoms. The fraction of sp³-hybridized carbons (Fsp3) is 0.143. The smallest absolute Gasteiger partial charge is 0.339 e. The molecule has 0 radical (unpaired) electrons. The van der Waals surface area contributed by atoms with Crippen molar-refractivity contribution in [1.29, 1.82) is 0 Å². The van der Waals surface area contributed by atoms with Crippen molar-refractivity contribution in [1.82, 2.24) is 4.57 Å². The van der Waals surface area contributed by atoms with Crippen molar-refractivity contribution in [2.45, 2.75) is 11.8 Å². The van der Waals surface area contributed by atoms with E-state index in [2.05, 4.69) is 4.99 Å². The Hall–Kier alpha value is -3.17. The zero-order chi connectivity index (χ0) is 21.7. The van der Waals surface area contributed by atoms with Crippen molar-refractivity contribution >= 4 is 33.4 Å². The summed E-state index contributed by atoms with van der Waals surface area (Å²) in [5.41, 5.74) is 1.57. The lowest BCUT2D eigenvalue weighted by atomic mass is 10.2. The van der Waals surface area contributed by atoms with Crippen LogP contribution in [-0.4, -0.2) is 26.0 Å². The highest BCUT2D eigenvalue weighted by atomic mass is 32.2. The van der Waals surface area contributed by atoms with Gasteiger partial charge in [-0.25, -0.2) is 0 Å². The average Bonchev–Trinajstić information content (AvgIpc) is 3.11. The largest absolute Gasteiger partial charge is 0.493 e. The Bertz CT molecular complexity index is 1250. The van der Waals surface area contributed by atoms with Crippen molar-refractivity contribution in [2.75, 3.05) is 7.11 Å². The fourth-order valence-corrected chi connectivity index (χ4v) is 4.14. The van der Waals surface area contributed by atoms with Crippen LogP contribution in [0.1, 0.15) is 11.1 Å². The molecule has 0 saturated heterocycles. The number of ether oxygens (including phenoxy) is 1. The minimum atomic E-state index is -4.00. The minimum Gasteiger partial charge on any atom is -0.493 e. The molecule has 0 bridgehead atoms. The number of amides is 1. The van der Waals surface area contributed by atoms with Gasteiger partial charge in [-0.3, -0.25) is 4.79 Å². The van der Waals surface area contributed by atoms with E-state index < -0.39 is 16.0 Å². The summed E-state index contributed by atoms with van der Waals surface area (Å²) in [7, 11) is -0.788. The molecule has 0 spiro atoms.